The van der Waals surface area contributed by atoms with Gasteiger partial charge in [0.2, 0.25) is 0 Å². The van der Waals surface area contributed by atoms with Crippen molar-refractivity contribution in [1.29, 1.82) is 0 Å². The Hall–Kier alpha value is -1.16. The van der Waals surface area contributed by atoms with Gasteiger partial charge in [0.05, 0.1) is 12.4 Å². The lowest BCUT2D eigenvalue weighted by Crippen LogP contribution is -2.33. The van der Waals surface area contributed by atoms with Crippen LogP contribution >= 0.6 is 11.6 Å². The van der Waals surface area contributed by atoms with Gasteiger partial charge in [-0.1, -0.05) is 44.2 Å². The highest BCUT2D eigenvalue weighted by atomic mass is 35.5. The number of amides is 1. The zero-order chi connectivity index (χ0) is 13.4. The van der Waals surface area contributed by atoms with Crippen LogP contribution in [-0.4, -0.2) is 21.9 Å². The quantitative estimate of drug-likeness (QED) is 0.773. The average Bonchev–Trinajstić information content (AvgIpc) is 2.34. The van der Waals surface area contributed by atoms with E-state index in [4.69, 9.17) is 11.6 Å². The number of halogens is 1. The van der Waals surface area contributed by atoms with Crippen LogP contribution in [0.15, 0.2) is 12.4 Å². The number of unbranched alkanes of at least 4 members (excludes halogenated alkanes) is 3. The Bertz CT molecular complexity index is 384. The maximum absolute atomic E-state index is 11.8. The molecule has 0 spiro atoms. The van der Waals surface area contributed by atoms with Crippen LogP contribution in [0.5, 0.6) is 0 Å². The largest absolute Gasteiger partial charge is 0.348 e. The lowest BCUT2D eigenvalue weighted by atomic mass is 10.1. The number of hydrogen-bond acceptors (Lipinski definition) is 3. The molecule has 1 heterocycles. The van der Waals surface area contributed by atoms with Crippen LogP contribution in [0.3, 0.4) is 0 Å². The summed E-state index contributed by atoms with van der Waals surface area (Å²) in [7, 11) is 0. The number of carbonyl (C=O) groups excluding carboxylic acids is 1. The molecule has 100 valence electrons. The summed E-state index contributed by atoms with van der Waals surface area (Å²) in [5.41, 5.74) is 0.267. The van der Waals surface area contributed by atoms with Crippen molar-refractivity contribution >= 4 is 17.5 Å². The topological polar surface area (TPSA) is 54.9 Å². The van der Waals surface area contributed by atoms with Gasteiger partial charge in [-0.05, 0) is 13.3 Å². The Labute approximate surface area is 113 Å². The van der Waals surface area contributed by atoms with Crippen LogP contribution in [0.25, 0.3) is 0 Å². The Morgan fingerprint density at radius 1 is 1.39 bits per heavy atom. The second kappa shape index (κ2) is 8.03. The van der Waals surface area contributed by atoms with Crippen LogP contribution in [0, 0.1) is 0 Å². The molecule has 0 saturated carbocycles. The van der Waals surface area contributed by atoms with Crippen molar-refractivity contribution in [3.8, 4) is 0 Å². The first-order valence-electron chi connectivity index (χ1n) is 6.42. The van der Waals surface area contributed by atoms with Crippen molar-refractivity contribution in [3.63, 3.8) is 0 Å². The van der Waals surface area contributed by atoms with Crippen LogP contribution in [-0.2, 0) is 0 Å². The summed E-state index contributed by atoms with van der Waals surface area (Å²) in [4.78, 5) is 19.6. The lowest BCUT2D eigenvalue weighted by molar-refractivity contribution is 0.0932. The standard InChI is InChI=1S/C13H20ClN3O/c1-3-4-5-6-7-10(2)16-13(18)11-8-15-9-12(14)17-11/h8-10H,3-7H2,1-2H3,(H,16,18). The summed E-state index contributed by atoms with van der Waals surface area (Å²) < 4.78 is 0. The molecule has 1 N–H and O–H groups in total. The zero-order valence-corrected chi connectivity index (χ0v) is 11.7. The van der Waals surface area contributed by atoms with E-state index in [0.29, 0.717) is 0 Å². The summed E-state index contributed by atoms with van der Waals surface area (Å²) >= 11 is 5.69. The van der Waals surface area contributed by atoms with Crippen LogP contribution in [0.4, 0.5) is 0 Å². The molecule has 1 rings (SSSR count). The van der Waals surface area contributed by atoms with Gasteiger partial charge in [0.25, 0.3) is 5.91 Å². The molecule has 0 fully saturated rings. The monoisotopic (exact) mass is 269 g/mol. The Kier molecular flexibility index (Phi) is 6.65. The third kappa shape index (κ3) is 5.45. The molecule has 1 aromatic heterocycles. The predicted octanol–water partition coefficient (Wildman–Crippen LogP) is 3.22. The number of hydrogen-bond donors (Lipinski definition) is 1. The molecule has 18 heavy (non-hydrogen) atoms. The molecule has 0 aromatic carbocycles. The minimum Gasteiger partial charge on any atom is -0.348 e. The molecule has 0 aliphatic heterocycles. The highest BCUT2D eigenvalue weighted by Gasteiger charge is 2.11. The summed E-state index contributed by atoms with van der Waals surface area (Å²) in [6.45, 7) is 4.19. The minimum absolute atomic E-state index is 0.148. The fourth-order valence-electron chi connectivity index (χ4n) is 1.70. The third-order valence-corrected chi connectivity index (χ3v) is 2.89. The second-order valence-electron chi connectivity index (χ2n) is 4.45. The summed E-state index contributed by atoms with van der Waals surface area (Å²) in [5, 5.41) is 3.13. The van der Waals surface area contributed by atoms with Crippen LogP contribution < -0.4 is 5.32 Å². The average molecular weight is 270 g/mol. The Balaban J connectivity index is 2.35. The molecule has 0 saturated heterocycles. The molecule has 1 atom stereocenters. The molecule has 0 bridgehead atoms. The predicted molar refractivity (Wildman–Crippen MR) is 72.7 cm³/mol. The van der Waals surface area contributed by atoms with E-state index in [-0.39, 0.29) is 22.8 Å². The molecule has 1 aromatic rings. The second-order valence-corrected chi connectivity index (χ2v) is 4.84. The third-order valence-electron chi connectivity index (χ3n) is 2.71. The van der Waals surface area contributed by atoms with Crippen LogP contribution in [0.2, 0.25) is 5.15 Å². The van der Waals surface area contributed by atoms with E-state index < -0.39 is 0 Å². The molecule has 4 nitrogen and oxygen atoms in total. The lowest BCUT2D eigenvalue weighted by Gasteiger charge is -2.13. The number of rotatable bonds is 7. The van der Waals surface area contributed by atoms with E-state index in [9.17, 15) is 4.79 Å². The summed E-state index contributed by atoms with van der Waals surface area (Å²) in [6.07, 6.45) is 8.64. The number of aromatic nitrogens is 2. The summed E-state index contributed by atoms with van der Waals surface area (Å²) in [6, 6.07) is 0.148. The van der Waals surface area contributed by atoms with E-state index in [0.717, 1.165) is 12.8 Å². The van der Waals surface area contributed by atoms with Gasteiger partial charge < -0.3 is 5.32 Å². The summed E-state index contributed by atoms with van der Waals surface area (Å²) in [5.74, 6) is -0.215. The Morgan fingerprint density at radius 2 is 2.17 bits per heavy atom. The highest BCUT2D eigenvalue weighted by molar-refractivity contribution is 6.29. The fourth-order valence-corrected chi connectivity index (χ4v) is 1.85. The Morgan fingerprint density at radius 3 is 2.83 bits per heavy atom. The first-order chi connectivity index (χ1) is 8.63. The number of nitrogens with zero attached hydrogens (tertiary/aromatic N) is 2. The first-order valence-corrected chi connectivity index (χ1v) is 6.79. The van der Waals surface area contributed by atoms with Gasteiger partial charge in [-0.2, -0.15) is 0 Å². The molecular formula is C13H20ClN3O. The van der Waals surface area contributed by atoms with E-state index in [2.05, 4.69) is 22.2 Å². The first kappa shape index (κ1) is 14.9. The smallest absolute Gasteiger partial charge is 0.271 e. The molecule has 0 radical (unpaired) electrons. The van der Waals surface area contributed by atoms with Crippen molar-refractivity contribution < 1.29 is 4.79 Å². The van der Waals surface area contributed by atoms with Crippen molar-refractivity contribution in [2.24, 2.45) is 0 Å². The van der Waals surface area contributed by atoms with Gasteiger partial charge in [0.1, 0.15) is 10.8 Å². The van der Waals surface area contributed by atoms with E-state index >= 15 is 0 Å². The van der Waals surface area contributed by atoms with Gasteiger partial charge in [0, 0.05) is 6.04 Å². The fraction of sp³-hybridized carbons (Fsp3) is 0.615. The van der Waals surface area contributed by atoms with Crippen molar-refractivity contribution in [1.82, 2.24) is 15.3 Å². The van der Waals surface area contributed by atoms with E-state index in [1.54, 1.807) is 0 Å². The highest BCUT2D eigenvalue weighted by Crippen LogP contribution is 2.07. The molecular weight excluding hydrogens is 250 g/mol. The molecule has 1 amide bonds. The van der Waals surface area contributed by atoms with Gasteiger partial charge in [-0.25, -0.2) is 4.98 Å². The minimum atomic E-state index is -0.215. The zero-order valence-electron chi connectivity index (χ0n) is 10.9. The van der Waals surface area contributed by atoms with E-state index in [1.165, 1.54) is 31.7 Å². The molecule has 5 heteroatoms. The van der Waals surface area contributed by atoms with Gasteiger partial charge in [-0.3, -0.25) is 9.78 Å². The maximum atomic E-state index is 11.8. The molecule has 0 aliphatic rings. The van der Waals surface area contributed by atoms with Crippen molar-refractivity contribution in [2.45, 2.75) is 52.0 Å². The maximum Gasteiger partial charge on any atom is 0.271 e. The SMILES string of the molecule is CCCCCCC(C)NC(=O)c1cncc(Cl)n1. The van der Waals surface area contributed by atoms with Gasteiger partial charge in [-0.15, -0.1) is 0 Å². The van der Waals surface area contributed by atoms with Gasteiger partial charge in [0.15, 0.2) is 0 Å². The van der Waals surface area contributed by atoms with Gasteiger partial charge >= 0.3 is 0 Å². The normalized spacial score (nSPS) is 12.2. The van der Waals surface area contributed by atoms with Crippen molar-refractivity contribution in [2.75, 3.05) is 0 Å². The number of nitrogens with one attached hydrogen (secondary N) is 1. The molecule has 1 unspecified atom stereocenters. The van der Waals surface area contributed by atoms with E-state index in [1.807, 2.05) is 6.92 Å². The van der Waals surface area contributed by atoms with Crippen molar-refractivity contribution in [3.05, 3.63) is 23.2 Å². The molecule has 0 aliphatic carbocycles. The van der Waals surface area contributed by atoms with Crippen LogP contribution in [0.1, 0.15) is 56.4 Å². The number of carbonyl (C=O) groups is 1.